The average Bonchev–Trinajstić information content (AvgIpc) is 2.56. The van der Waals surface area contributed by atoms with E-state index < -0.39 is 5.56 Å². The van der Waals surface area contributed by atoms with Gasteiger partial charge in [-0.2, -0.15) is 4.68 Å². The van der Waals surface area contributed by atoms with Crippen LogP contribution in [0.15, 0.2) is 59.4 Å². The largest absolute Gasteiger partial charge is 0.298 e. The monoisotopic (exact) mass is 325 g/mol. The number of ketones is 1. The molecule has 0 aliphatic carbocycles. The minimum absolute atomic E-state index is 0.0154. The second-order valence-electron chi connectivity index (χ2n) is 4.90. The molecular formula is C17H12ClN3O2. The molecule has 1 aromatic heterocycles. The van der Waals surface area contributed by atoms with Gasteiger partial charge in [-0.3, -0.25) is 9.59 Å². The second-order valence-corrected chi connectivity index (χ2v) is 5.34. The van der Waals surface area contributed by atoms with Crippen LogP contribution in [0.1, 0.15) is 17.5 Å². The van der Waals surface area contributed by atoms with Crippen molar-refractivity contribution < 1.29 is 4.79 Å². The third-order valence-corrected chi connectivity index (χ3v) is 3.49. The van der Waals surface area contributed by atoms with Gasteiger partial charge in [0.1, 0.15) is 5.69 Å². The van der Waals surface area contributed by atoms with Gasteiger partial charge in [-0.1, -0.05) is 41.9 Å². The van der Waals surface area contributed by atoms with Gasteiger partial charge in [0.25, 0.3) is 5.56 Å². The molecule has 0 fully saturated rings. The summed E-state index contributed by atoms with van der Waals surface area (Å²) in [6, 6.07) is 15.6. The van der Waals surface area contributed by atoms with Crippen molar-refractivity contribution in [1.82, 2.24) is 14.8 Å². The minimum atomic E-state index is -0.400. The lowest BCUT2D eigenvalue weighted by molar-refractivity contribution is 0.100. The van der Waals surface area contributed by atoms with Gasteiger partial charge in [0.2, 0.25) is 5.82 Å². The molecule has 0 amide bonds. The summed E-state index contributed by atoms with van der Waals surface area (Å²) in [5, 5.41) is 4.61. The molecule has 3 rings (SSSR count). The van der Waals surface area contributed by atoms with E-state index >= 15 is 0 Å². The van der Waals surface area contributed by atoms with Crippen molar-refractivity contribution in [2.24, 2.45) is 0 Å². The summed E-state index contributed by atoms with van der Waals surface area (Å²) in [7, 11) is 0. The Hall–Kier alpha value is -2.79. The maximum atomic E-state index is 12.7. The van der Waals surface area contributed by atoms with Gasteiger partial charge < -0.3 is 0 Å². The van der Waals surface area contributed by atoms with E-state index in [2.05, 4.69) is 10.1 Å². The van der Waals surface area contributed by atoms with Gasteiger partial charge in [-0.15, -0.1) is 5.10 Å². The van der Waals surface area contributed by atoms with Crippen molar-refractivity contribution >= 4 is 17.4 Å². The summed E-state index contributed by atoms with van der Waals surface area (Å²) < 4.78 is 1.17. The summed E-state index contributed by atoms with van der Waals surface area (Å²) in [6.45, 7) is 1.36. The highest BCUT2D eigenvalue weighted by Crippen LogP contribution is 2.15. The molecule has 5 nitrogen and oxygen atoms in total. The number of hydrogen-bond donors (Lipinski definition) is 0. The Morgan fingerprint density at radius 1 is 1.04 bits per heavy atom. The molecule has 0 atom stereocenters. The Kier molecular flexibility index (Phi) is 4.04. The van der Waals surface area contributed by atoms with Gasteiger partial charge in [0.15, 0.2) is 5.78 Å². The third kappa shape index (κ3) is 3.05. The summed E-state index contributed by atoms with van der Waals surface area (Å²) >= 11 is 5.87. The van der Waals surface area contributed by atoms with Crippen LogP contribution in [0.25, 0.3) is 16.9 Å². The average molecular weight is 326 g/mol. The molecule has 23 heavy (non-hydrogen) atoms. The van der Waals surface area contributed by atoms with E-state index in [1.807, 2.05) is 6.07 Å². The van der Waals surface area contributed by atoms with E-state index in [1.165, 1.54) is 11.6 Å². The van der Waals surface area contributed by atoms with Gasteiger partial charge in [-0.25, -0.2) is 4.98 Å². The van der Waals surface area contributed by atoms with E-state index in [9.17, 15) is 9.59 Å². The Balaban J connectivity index is 2.28. The number of carbonyl (C=O) groups excluding carboxylic acids is 1. The summed E-state index contributed by atoms with van der Waals surface area (Å²) in [4.78, 5) is 28.6. The predicted octanol–water partition coefficient (Wildman–Crippen LogP) is 3.15. The molecule has 0 spiro atoms. The van der Waals surface area contributed by atoms with Crippen molar-refractivity contribution in [2.75, 3.05) is 0 Å². The molecule has 0 bridgehead atoms. The first-order valence-corrected chi connectivity index (χ1v) is 7.28. The predicted molar refractivity (Wildman–Crippen MR) is 88.1 cm³/mol. The second kappa shape index (κ2) is 6.14. The Bertz CT molecular complexity index is 919. The lowest BCUT2D eigenvalue weighted by Gasteiger charge is -2.09. The molecule has 0 radical (unpaired) electrons. The van der Waals surface area contributed by atoms with Crippen LogP contribution in [0.5, 0.6) is 0 Å². The highest BCUT2D eigenvalue weighted by atomic mass is 35.5. The molecule has 0 N–H and O–H groups in total. The molecule has 114 valence electrons. The summed E-state index contributed by atoms with van der Waals surface area (Å²) in [5.74, 6) is -0.330. The SMILES string of the molecule is CC(=O)c1nc(-c2ccccc2)c(=O)n(-c2ccc(Cl)cc2)n1. The Morgan fingerprint density at radius 2 is 1.70 bits per heavy atom. The maximum Gasteiger partial charge on any atom is 0.298 e. The van der Waals surface area contributed by atoms with Gasteiger partial charge in [0, 0.05) is 17.5 Å². The summed E-state index contributed by atoms with van der Waals surface area (Å²) in [5.41, 5.74) is 0.927. The van der Waals surface area contributed by atoms with E-state index in [0.717, 1.165) is 0 Å². The first-order chi connectivity index (χ1) is 11.1. The molecule has 3 aromatic rings. The minimum Gasteiger partial charge on any atom is -0.291 e. The zero-order chi connectivity index (χ0) is 16.4. The fraction of sp³-hybridized carbons (Fsp3) is 0.0588. The van der Waals surface area contributed by atoms with Gasteiger partial charge >= 0.3 is 0 Å². The van der Waals surface area contributed by atoms with Gasteiger partial charge in [-0.05, 0) is 24.3 Å². The van der Waals surface area contributed by atoms with E-state index in [4.69, 9.17) is 11.6 Å². The number of Topliss-reactive ketones (excluding diaryl/α,β-unsaturated/α-hetero) is 1. The molecule has 0 saturated carbocycles. The highest BCUT2D eigenvalue weighted by Gasteiger charge is 2.15. The number of carbonyl (C=O) groups is 1. The quantitative estimate of drug-likeness (QED) is 0.694. The van der Waals surface area contributed by atoms with Crippen LogP contribution in [0.3, 0.4) is 0 Å². The number of halogens is 1. The number of benzene rings is 2. The van der Waals surface area contributed by atoms with Gasteiger partial charge in [0.05, 0.1) is 5.69 Å². The van der Waals surface area contributed by atoms with Crippen molar-refractivity contribution in [2.45, 2.75) is 6.92 Å². The molecule has 6 heteroatoms. The first kappa shape index (κ1) is 15.1. The smallest absolute Gasteiger partial charge is 0.291 e. The van der Waals surface area contributed by atoms with E-state index in [0.29, 0.717) is 16.3 Å². The topological polar surface area (TPSA) is 64.8 Å². The number of rotatable bonds is 3. The number of hydrogen-bond acceptors (Lipinski definition) is 4. The normalized spacial score (nSPS) is 10.5. The van der Waals surface area contributed by atoms with Crippen LogP contribution in [0, 0.1) is 0 Å². The molecule has 1 heterocycles. The fourth-order valence-corrected chi connectivity index (χ4v) is 2.23. The molecular weight excluding hydrogens is 314 g/mol. The molecule has 0 aliphatic rings. The van der Waals surface area contributed by atoms with Crippen molar-refractivity contribution in [3.05, 3.63) is 75.8 Å². The van der Waals surface area contributed by atoms with Crippen LogP contribution < -0.4 is 5.56 Å². The Labute approximate surface area is 137 Å². The van der Waals surface area contributed by atoms with E-state index in [-0.39, 0.29) is 17.3 Å². The zero-order valence-electron chi connectivity index (χ0n) is 12.2. The lowest BCUT2D eigenvalue weighted by atomic mass is 10.1. The zero-order valence-corrected chi connectivity index (χ0v) is 13.0. The lowest BCUT2D eigenvalue weighted by Crippen LogP contribution is -2.27. The van der Waals surface area contributed by atoms with Crippen molar-refractivity contribution in [3.8, 4) is 16.9 Å². The van der Waals surface area contributed by atoms with Crippen LogP contribution in [-0.2, 0) is 0 Å². The number of aromatic nitrogens is 3. The first-order valence-electron chi connectivity index (χ1n) is 6.90. The van der Waals surface area contributed by atoms with Crippen LogP contribution in [0.2, 0.25) is 5.02 Å². The summed E-state index contributed by atoms with van der Waals surface area (Å²) in [6.07, 6.45) is 0. The standard InChI is InChI=1S/C17H12ClN3O2/c1-11(22)16-19-15(12-5-3-2-4-6-12)17(23)21(20-16)14-9-7-13(18)8-10-14/h2-10H,1H3. The maximum absolute atomic E-state index is 12.7. The molecule has 0 unspecified atom stereocenters. The van der Waals surface area contributed by atoms with Crippen molar-refractivity contribution in [1.29, 1.82) is 0 Å². The van der Waals surface area contributed by atoms with Crippen LogP contribution in [0.4, 0.5) is 0 Å². The number of nitrogens with zero attached hydrogens (tertiary/aromatic N) is 3. The Morgan fingerprint density at radius 3 is 2.30 bits per heavy atom. The molecule has 2 aromatic carbocycles. The molecule has 0 saturated heterocycles. The van der Waals surface area contributed by atoms with Crippen LogP contribution >= 0.6 is 11.6 Å². The fourth-order valence-electron chi connectivity index (χ4n) is 2.11. The third-order valence-electron chi connectivity index (χ3n) is 3.24. The molecule has 0 aliphatic heterocycles. The van der Waals surface area contributed by atoms with Crippen molar-refractivity contribution in [3.63, 3.8) is 0 Å². The van der Waals surface area contributed by atoms with E-state index in [1.54, 1.807) is 48.5 Å². The van der Waals surface area contributed by atoms with Crippen LogP contribution in [-0.4, -0.2) is 20.5 Å². The highest BCUT2D eigenvalue weighted by molar-refractivity contribution is 6.30.